The summed E-state index contributed by atoms with van der Waals surface area (Å²) in [4.78, 5) is 19.3. The summed E-state index contributed by atoms with van der Waals surface area (Å²) < 4.78 is 26.3. The summed E-state index contributed by atoms with van der Waals surface area (Å²) in [7, 11) is -2.16. The number of hydrogen-bond donors (Lipinski definition) is 1. The summed E-state index contributed by atoms with van der Waals surface area (Å²) in [6, 6.07) is 9.98. The van der Waals surface area contributed by atoms with Crippen molar-refractivity contribution in [2.24, 2.45) is 0 Å². The summed E-state index contributed by atoms with van der Waals surface area (Å²) in [5.41, 5.74) is 2.63. The first-order valence-electron chi connectivity index (χ1n) is 8.59. The number of amides is 1. The maximum Gasteiger partial charge on any atom is 0.277 e. The highest BCUT2D eigenvalue weighted by Gasteiger charge is 2.28. The van der Waals surface area contributed by atoms with Gasteiger partial charge in [-0.1, -0.05) is 29.3 Å². The van der Waals surface area contributed by atoms with E-state index in [0.717, 1.165) is 11.1 Å². The lowest BCUT2D eigenvalue weighted by molar-refractivity contribution is 0.0985. The molecular weight excluding hydrogens is 453 g/mol. The topological polar surface area (TPSA) is 79.4 Å². The zero-order valence-corrected chi connectivity index (χ0v) is 18.3. The molecule has 1 N–H and O–H groups in total. The maximum atomic E-state index is 13.0. The monoisotopic (exact) mass is 467 g/mol. The molecule has 2 aromatic carbocycles. The summed E-state index contributed by atoms with van der Waals surface area (Å²) >= 11 is 13.4. The fraction of sp³-hybridized carbons (Fsp3) is 0.158. The number of carbonyl (C=O) groups is 1. The van der Waals surface area contributed by atoms with Gasteiger partial charge in [-0.25, -0.2) is 18.1 Å². The molecule has 0 bridgehead atoms. The molecule has 2 heterocycles. The van der Waals surface area contributed by atoms with Crippen LogP contribution in [-0.4, -0.2) is 32.9 Å². The average molecular weight is 468 g/mol. The van der Waals surface area contributed by atoms with Gasteiger partial charge in [-0.05, 0) is 49.4 Å². The lowest BCUT2D eigenvalue weighted by atomic mass is 10.2. The van der Waals surface area contributed by atoms with E-state index in [0.29, 0.717) is 39.4 Å². The van der Waals surface area contributed by atoms with E-state index in [4.69, 9.17) is 23.2 Å². The van der Waals surface area contributed by atoms with E-state index in [1.54, 1.807) is 40.6 Å². The Bertz CT molecular complexity index is 1230. The largest absolute Gasteiger partial charge is 0.306 e. The number of carbonyl (C=O) groups excluding carboxylic acids is 1. The number of rotatable bonds is 4. The van der Waals surface area contributed by atoms with Gasteiger partial charge in [0.1, 0.15) is 10.7 Å². The number of aromatic nitrogens is 1. The van der Waals surface area contributed by atoms with Crippen LogP contribution in [0.25, 0.3) is 10.6 Å². The Morgan fingerprint density at radius 1 is 1.17 bits per heavy atom. The molecule has 0 aliphatic carbocycles. The van der Waals surface area contributed by atoms with E-state index in [9.17, 15) is 13.2 Å². The van der Waals surface area contributed by atoms with Gasteiger partial charge in [-0.2, -0.15) is 0 Å². The Balaban J connectivity index is 1.61. The molecule has 0 fully saturated rings. The number of hydrogen-bond acceptors (Lipinski definition) is 5. The van der Waals surface area contributed by atoms with Crippen molar-refractivity contribution in [3.8, 4) is 10.6 Å². The van der Waals surface area contributed by atoms with E-state index >= 15 is 0 Å². The zero-order chi connectivity index (χ0) is 20.8. The van der Waals surface area contributed by atoms with Crippen LogP contribution in [0.3, 0.4) is 0 Å². The SMILES string of the molecule is CNS(=O)(=O)c1ccc2c(c1)CCN2C(=O)c1csc(-c2ccc(Cl)c(Cl)c2)n1. The smallest absolute Gasteiger partial charge is 0.277 e. The highest BCUT2D eigenvalue weighted by atomic mass is 35.5. The number of fused-ring (bicyclic) bond motifs is 1. The third kappa shape index (κ3) is 3.78. The molecule has 0 saturated heterocycles. The molecule has 4 rings (SSSR count). The van der Waals surface area contributed by atoms with Crippen LogP contribution in [-0.2, 0) is 16.4 Å². The fourth-order valence-electron chi connectivity index (χ4n) is 3.15. The van der Waals surface area contributed by atoms with Crippen LogP contribution in [0.4, 0.5) is 5.69 Å². The maximum absolute atomic E-state index is 13.0. The van der Waals surface area contributed by atoms with Gasteiger partial charge in [0.2, 0.25) is 10.0 Å². The van der Waals surface area contributed by atoms with Crippen molar-refractivity contribution >= 4 is 56.2 Å². The van der Waals surface area contributed by atoms with Crippen molar-refractivity contribution in [3.05, 3.63) is 63.1 Å². The molecule has 0 radical (unpaired) electrons. The fourth-order valence-corrected chi connectivity index (χ4v) is 5.02. The van der Waals surface area contributed by atoms with Gasteiger partial charge in [0.25, 0.3) is 5.91 Å². The predicted octanol–water partition coefficient (Wildman–Crippen LogP) is 4.23. The van der Waals surface area contributed by atoms with Gasteiger partial charge in [0.15, 0.2) is 0 Å². The van der Waals surface area contributed by atoms with E-state index in [-0.39, 0.29) is 10.8 Å². The Morgan fingerprint density at radius 2 is 1.97 bits per heavy atom. The third-order valence-corrected chi connectivity index (χ3v) is 7.70. The summed E-state index contributed by atoms with van der Waals surface area (Å²) in [6.07, 6.45) is 0.581. The van der Waals surface area contributed by atoms with Gasteiger partial charge in [0, 0.05) is 23.2 Å². The molecule has 0 saturated carbocycles. The lowest BCUT2D eigenvalue weighted by Crippen LogP contribution is -2.29. The Morgan fingerprint density at radius 3 is 2.69 bits per heavy atom. The number of halogens is 2. The minimum Gasteiger partial charge on any atom is -0.306 e. The van der Waals surface area contributed by atoms with Crippen molar-refractivity contribution in [2.75, 3.05) is 18.5 Å². The predicted molar refractivity (Wildman–Crippen MR) is 116 cm³/mol. The first-order valence-corrected chi connectivity index (χ1v) is 11.7. The first-order chi connectivity index (χ1) is 13.8. The Labute approximate surface area is 182 Å². The van der Waals surface area contributed by atoms with E-state index in [1.165, 1.54) is 24.5 Å². The molecule has 1 aliphatic rings. The van der Waals surface area contributed by atoms with Crippen molar-refractivity contribution in [3.63, 3.8) is 0 Å². The molecule has 150 valence electrons. The minimum atomic E-state index is -3.53. The molecular formula is C19H15Cl2N3O3S2. The van der Waals surface area contributed by atoms with Crippen molar-refractivity contribution in [1.29, 1.82) is 0 Å². The first kappa shape index (κ1) is 20.3. The molecule has 1 aromatic heterocycles. The Hall–Kier alpha value is -1.97. The van der Waals surface area contributed by atoms with Crippen LogP contribution in [0.1, 0.15) is 16.1 Å². The second kappa shape index (κ2) is 7.70. The van der Waals surface area contributed by atoms with Crippen LogP contribution >= 0.6 is 34.5 Å². The molecule has 6 nitrogen and oxygen atoms in total. The van der Waals surface area contributed by atoms with Gasteiger partial charge < -0.3 is 4.90 Å². The number of nitrogens with zero attached hydrogens (tertiary/aromatic N) is 2. The highest BCUT2D eigenvalue weighted by Crippen LogP contribution is 2.33. The van der Waals surface area contributed by atoms with Gasteiger partial charge in [-0.3, -0.25) is 4.79 Å². The molecule has 1 amide bonds. The standard InChI is InChI=1S/C19H15Cl2N3O3S2/c1-22-29(26,27)13-3-5-17-11(8-13)6-7-24(17)19(25)16-10-28-18(23-16)12-2-4-14(20)15(21)9-12/h2-5,8-10,22H,6-7H2,1H3. The van der Waals surface area contributed by atoms with Gasteiger partial charge in [-0.15, -0.1) is 11.3 Å². The second-order valence-electron chi connectivity index (χ2n) is 6.37. The quantitative estimate of drug-likeness (QED) is 0.622. The summed E-state index contributed by atoms with van der Waals surface area (Å²) in [6.45, 7) is 0.469. The summed E-state index contributed by atoms with van der Waals surface area (Å²) in [5.74, 6) is -0.226. The molecule has 1 aliphatic heterocycles. The number of nitrogens with one attached hydrogen (secondary N) is 1. The number of anilines is 1. The van der Waals surface area contributed by atoms with Crippen LogP contribution in [0.15, 0.2) is 46.7 Å². The van der Waals surface area contributed by atoms with E-state index in [2.05, 4.69) is 9.71 Å². The van der Waals surface area contributed by atoms with Crippen LogP contribution in [0.2, 0.25) is 10.0 Å². The number of benzene rings is 2. The van der Waals surface area contributed by atoms with Crippen molar-refractivity contribution in [1.82, 2.24) is 9.71 Å². The summed E-state index contributed by atoms with van der Waals surface area (Å²) in [5, 5.41) is 3.25. The Kier molecular flexibility index (Phi) is 5.39. The van der Waals surface area contributed by atoms with E-state index < -0.39 is 10.0 Å². The van der Waals surface area contributed by atoms with Crippen molar-refractivity contribution < 1.29 is 13.2 Å². The molecule has 10 heteroatoms. The second-order valence-corrected chi connectivity index (χ2v) is 9.93. The number of sulfonamides is 1. The molecule has 29 heavy (non-hydrogen) atoms. The zero-order valence-electron chi connectivity index (χ0n) is 15.1. The van der Waals surface area contributed by atoms with Crippen molar-refractivity contribution in [2.45, 2.75) is 11.3 Å². The molecule has 0 atom stereocenters. The van der Waals surface area contributed by atoms with Crippen LogP contribution < -0.4 is 9.62 Å². The number of thiazole rings is 1. The van der Waals surface area contributed by atoms with Crippen LogP contribution in [0.5, 0.6) is 0 Å². The molecule has 0 unspecified atom stereocenters. The average Bonchev–Trinajstić information content (AvgIpc) is 3.36. The molecule has 0 spiro atoms. The normalized spacial score (nSPS) is 13.6. The highest BCUT2D eigenvalue weighted by molar-refractivity contribution is 7.89. The molecule has 3 aromatic rings. The lowest BCUT2D eigenvalue weighted by Gasteiger charge is -2.16. The van der Waals surface area contributed by atoms with Gasteiger partial charge >= 0.3 is 0 Å². The van der Waals surface area contributed by atoms with Gasteiger partial charge in [0.05, 0.1) is 14.9 Å². The minimum absolute atomic E-state index is 0.184. The van der Waals surface area contributed by atoms with E-state index in [1.807, 2.05) is 0 Å². The third-order valence-electron chi connectivity index (χ3n) is 4.66. The van der Waals surface area contributed by atoms with Crippen LogP contribution in [0, 0.1) is 0 Å².